The average molecular weight is 264 g/mol. The van der Waals surface area contributed by atoms with Crippen molar-refractivity contribution in [3.8, 4) is 0 Å². The highest BCUT2D eigenvalue weighted by atomic mass is 35.5. The Morgan fingerprint density at radius 3 is 2.62 bits per heavy atom. The second-order valence-corrected chi connectivity index (χ2v) is 3.03. The van der Waals surface area contributed by atoms with Crippen LogP contribution < -0.4 is 0 Å². The van der Waals surface area contributed by atoms with Gasteiger partial charge in [-0.2, -0.15) is 4.98 Å². The molecule has 0 amide bonds. The summed E-state index contributed by atoms with van der Waals surface area (Å²) in [5.74, 6) is -1.10. The minimum Gasteiger partial charge on any atom is -0.460 e. The standard InChI is InChI=1S/C7H3Cl2N3O4/c1-2-16-6(13)3-4(12(14)15)5(8)11-7(9)10-3/h1H,2H2. The van der Waals surface area contributed by atoms with E-state index in [1.165, 1.54) is 0 Å². The van der Waals surface area contributed by atoms with Gasteiger partial charge >= 0.3 is 11.7 Å². The molecule has 0 saturated heterocycles. The lowest BCUT2D eigenvalue weighted by molar-refractivity contribution is -0.385. The van der Waals surface area contributed by atoms with Crippen molar-refractivity contribution in [2.24, 2.45) is 0 Å². The Labute approximate surface area is 99.5 Å². The van der Waals surface area contributed by atoms with E-state index in [0.29, 0.717) is 0 Å². The van der Waals surface area contributed by atoms with Gasteiger partial charge in [0.05, 0.1) is 11.5 Å². The zero-order valence-corrected chi connectivity index (χ0v) is 9.03. The molecule has 84 valence electrons. The number of hydrogen-bond donors (Lipinski definition) is 0. The molecule has 0 N–H and O–H groups in total. The first-order chi connectivity index (χ1) is 7.47. The molecule has 9 heteroatoms. The molecular formula is C7H3Cl2N3O4. The molecular weight excluding hydrogens is 261 g/mol. The van der Waals surface area contributed by atoms with Gasteiger partial charge in [-0.1, -0.05) is 11.6 Å². The molecule has 0 aromatic carbocycles. The van der Waals surface area contributed by atoms with Crippen LogP contribution >= 0.6 is 23.2 Å². The number of nitrogens with zero attached hydrogens (tertiary/aromatic N) is 3. The minimum absolute atomic E-state index is 0.403. The fourth-order valence-corrected chi connectivity index (χ4v) is 1.30. The first-order valence-corrected chi connectivity index (χ1v) is 4.47. The molecule has 1 aromatic rings. The van der Waals surface area contributed by atoms with E-state index in [1.54, 1.807) is 0 Å². The monoisotopic (exact) mass is 263 g/mol. The van der Waals surface area contributed by atoms with Crippen molar-refractivity contribution in [1.29, 1.82) is 0 Å². The van der Waals surface area contributed by atoms with Crippen LogP contribution in [0.5, 0.6) is 0 Å². The molecule has 0 aliphatic rings. The van der Waals surface area contributed by atoms with Gasteiger partial charge in [-0.25, -0.2) is 9.78 Å². The van der Waals surface area contributed by atoms with Crippen molar-refractivity contribution < 1.29 is 14.5 Å². The van der Waals surface area contributed by atoms with Gasteiger partial charge in [-0.15, -0.1) is 0 Å². The van der Waals surface area contributed by atoms with Crippen LogP contribution in [0.25, 0.3) is 0 Å². The van der Waals surface area contributed by atoms with Gasteiger partial charge in [0.15, 0.2) is 0 Å². The lowest BCUT2D eigenvalue weighted by Crippen LogP contribution is -2.12. The zero-order valence-electron chi connectivity index (χ0n) is 7.52. The van der Waals surface area contributed by atoms with Crippen molar-refractivity contribution >= 4 is 34.9 Å². The van der Waals surface area contributed by atoms with E-state index in [-0.39, 0.29) is 0 Å². The van der Waals surface area contributed by atoms with Crippen LogP contribution in [0.3, 0.4) is 0 Å². The third-order valence-corrected chi connectivity index (χ3v) is 1.84. The van der Waals surface area contributed by atoms with Crippen LogP contribution in [0.15, 0.2) is 0 Å². The molecule has 0 bridgehead atoms. The van der Waals surface area contributed by atoms with Crippen LogP contribution in [-0.2, 0) is 4.74 Å². The molecule has 0 aliphatic heterocycles. The molecule has 1 rings (SSSR count). The third-order valence-electron chi connectivity index (χ3n) is 1.40. The first kappa shape index (κ1) is 12.6. The minimum atomic E-state index is -1.10. The van der Waals surface area contributed by atoms with E-state index < -0.39 is 39.3 Å². The first-order valence-electron chi connectivity index (χ1n) is 3.72. The molecule has 0 aliphatic carbocycles. The maximum absolute atomic E-state index is 11.3. The second kappa shape index (κ2) is 5.04. The van der Waals surface area contributed by atoms with E-state index in [0.717, 1.165) is 0 Å². The van der Waals surface area contributed by atoms with Crippen molar-refractivity contribution in [3.05, 3.63) is 33.2 Å². The maximum Gasteiger partial charge on any atom is 0.364 e. The summed E-state index contributed by atoms with van der Waals surface area (Å²) in [5.41, 5.74) is -1.41. The predicted molar refractivity (Wildman–Crippen MR) is 53.3 cm³/mol. The van der Waals surface area contributed by atoms with Crippen molar-refractivity contribution in [2.75, 3.05) is 6.61 Å². The summed E-state index contributed by atoms with van der Waals surface area (Å²) in [6, 6.07) is 0. The summed E-state index contributed by atoms with van der Waals surface area (Å²) in [7, 11) is 0. The Morgan fingerprint density at radius 2 is 2.12 bits per heavy atom. The Balaban J connectivity index is 3.35. The quantitative estimate of drug-likeness (QED) is 0.270. The normalized spacial score (nSPS) is 9.94. The summed E-state index contributed by atoms with van der Waals surface area (Å²) in [5, 5.41) is 9.67. The van der Waals surface area contributed by atoms with Gasteiger partial charge in [-0.3, -0.25) is 10.1 Å². The average Bonchev–Trinajstić information content (AvgIpc) is 2.15. The molecule has 1 heterocycles. The van der Waals surface area contributed by atoms with Crippen LogP contribution in [0.2, 0.25) is 10.4 Å². The molecule has 2 radical (unpaired) electrons. The Morgan fingerprint density at radius 1 is 1.50 bits per heavy atom. The van der Waals surface area contributed by atoms with E-state index in [4.69, 9.17) is 30.1 Å². The number of hydrogen-bond acceptors (Lipinski definition) is 6. The van der Waals surface area contributed by atoms with Crippen LogP contribution in [-0.4, -0.2) is 27.5 Å². The molecule has 0 unspecified atom stereocenters. The summed E-state index contributed by atoms with van der Waals surface area (Å²) >= 11 is 10.9. The van der Waals surface area contributed by atoms with E-state index in [1.807, 2.05) is 0 Å². The van der Waals surface area contributed by atoms with Crippen molar-refractivity contribution in [3.63, 3.8) is 0 Å². The lowest BCUT2D eigenvalue weighted by atomic mass is 10.3. The van der Waals surface area contributed by atoms with Gasteiger partial charge in [0.1, 0.15) is 0 Å². The van der Waals surface area contributed by atoms with Crippen molar-refractivity contribution in [1.82, 2.24) is 9.97 Å². The highest BCUT2D eigenvalue weighted by molar-refractivity contribution is 6.33. The van der Waals surface area contributed by atoms with Gasteiger partial charge in [0.25, 0.3) is 0 Å². The van der Waals surface area contributed by atoms with E-state index >= 15 is 0 Å². The van der Waals surface area contributed by atoms with Crippen LogP contribution in [0.4, 0.5) is 5.69 Å². The maximum atomic E-state index is 11.3. The third kappa shape index (κ3) is 2.56. The highest BCUT2D eigenvalue weighted by Gasteiger charge is 2.29. The Bertz CT molecular complexity index is 452. The Kier molecular flexibility index (Phi) is 3.97. The highest BCUT2D eigenvalue weighted by Crippen LogP contribution is 2.27. The van der Waals surface area contributed by atoms with E-state index in [2.05, 4.69) is 14.7 Å². The fourth-order valence-electron chi connectivity index (χ4n) is 0.850. The molecule has 1 aromatic heterocycles. The molecule has 7 nitrogen and oxygen atoms in total. The number of carbonyl (C=O) groups excluding carboxylic acids is 1. The summed E-state index contributed by atoms with van der Waals surface area (Å²) in [6.07, 6.45) is 0. The largest absolute Gasteiger partial charge is 0.460 e. The molecule has 0 fully saturated rings. The number of rotatable bonds is 3. The Hall–Kier alpha value is -1.47. The number of ether oxygens (including phenoxy) is 1. The molecule has 16 heavy (non-hydrogen) atoms. The number of aromatic nitrogens is 2. The van der Waals surface area contributed by atoms with Crippen LogP contribution in [0.1, 0.15) is 10.5 Å². The lowest BCUT2D eigenvalue weighted by Gasteiger charge is -2.02. The summed E-state index contributed by atoms with van der Waals surface area (Å²) in [6.45, 7) is 4.50. The second-order valence-electron chi connectivity index (χ2n) is 2.34. The fraction of sp³-hybridized carbons (Fsp3) is 0.143. The number of nitro groups is 1. The van der Waals surface area contributed by atoms with Crippen molar-refractivity contribution in [2.45, 2.75) is 0 Å². The number of esters is 1. The SMILES string of the molecule is [CH]COC(=O)c1nc(Cl)nc(Cl)c1[N+](=O)[O-]. The molecule has 0 spiro atoms. The number of halogens is 2. The summed E-state index contributed by atoms with van der Waals surface area (Å²) in [4.78, 5) is 27.7. The van der Waals surface area contributed by atoms with E-state index in [9.17, 15) is 14.9 Å². The molecule has 0 saturated carbocycles. The topological polar surface area (TPSA) is 95.2 Å². The van der Waals surface area contributed by atoms with Gasteiger partial charge in [0, 0.05) is 6.92 Å². The number of carbonyl (C=O) groups is 1. The van der Waals surface area contributed by atoms with Crippen LogP contribution in [0, 0.1) is 17.0 Å². The summed E-state index contributed by atoms with van der Waals surface area (Å²) < 4.78 is 4.36. The molecule has 0 atom stereocenters. The smallest absolute Gasteiger partial charge is 0.364 e. The predicted octanol–water partition coefficient (Wildman–Crippen LogP) is 1.56. The van der Waals surface area contributed by atoms with Gasteiger partial charge in [-0.05, 0) is 11.6 Å². The zero-order chi connectivity index (χ0) is 12.3. The van der Waals surface area contributed by atoms with Gasteiger partial charge in [0.2, 0.25) is 16.1 Å². The van der Waals surface area contributed by atoms with Gasteiger partial charge < -0.3 is 4.74 Å².